The van der Waals surface area contributed by atoms with Crippen LogP contribution in [0.4, 0.5) is 5.82 Å². The summed E-state index contributed by atoms with van der Waals surface area (Å²) in [5, 5.41) is 2.07. The van der Waals surface area contributed by atoms with Crippen molar-refractivity contribution in [1.29, 1.82) is 0 Å². The number of nitrogens with zero attached hydrogens (tertiary/aromatic N) is 3. The number of para-hydroxylation sites is 1. The van der Waals surface area contributed by atoms with Crippen molar-refractivity contribution in [1.82, 2.24) is 14.9 Å². The van der Waals surface area contributed by atoms with Gasteiger partial charge in [-0.1, -0.05) is 36.9 Å². The molecule has 1 aromatic heterocycles. The zero-order valence-electron chi connectivity index (χ0n) is 18.9. The summed E-state index contributed by atoms with van der Waals surface area (Å²) in [6.07, 6.45) is 6.61. The van der Waals surface area contributed by atoms with Gasteiger partial charge >= 0.3 is 0 Å². The smallest absolute Gasteiger partial charge is 0.246 e. The van der Waals surface area contributed by atoms with Gasteiger partial charge in [-0.05, 0) is 55.7 Å². The number of likely N-dealkylation sites (tertiary alicyclic amines) is 1. The molecule has 2 unspecified atom stereocenters. The summed E-state index contributed by atoms with van der Waals surface area (Å²) >= 11 is 0. The van der Waals surface area contributed by atoms with Gasteiger partial charge < -0.3 is 15.4 Å². The standard InChI is InChI=1S/C26H29N5O2/c1-3-23(32)31-15-7-14-26(31,2)17-29-25-22(16-28-18-30-25)24(27)19-10-12-21(13-11-19)33-20-8-5-4-6-9-20/h3-6,8-13,16,18,24H,1,7,14-15,17,27H2,2H3,(H,28,29,30)/p+1. The van der Waals surface area contributed by atoms with Crippen LogP contribution in [0.1, 0.15) is 36.9 Å². The number of ether oxygens (including phenoxy) is 1. The molecule has 0 bridgehead atoms. The quantitative estimate of drug-likeness (QED) is 0.521. The second kappa shape index (κ2) is 9.94. The van der Waals surface area contributed by atoms with Crippen LogP contribution in [-0.4, -0.2) is 39.4 Å². The predicted molar refractivity (Wildman–Crippen MR) is 127 cm³/mol. The van der Waals surface area contributed by atoms with Gasteiger partial charge in [-0.2, -0.15) is 4.98 Å². The normalized spacial score (nSPS) is 18.7. The Morgan fingerprint density at radius 3 is 2.70 bits per heavy atom. The van der Waals surface area contributed by atoms with Crippen LogP contribution in [0.5, 0.6) is 11.5 Å². The van der Waals surface area contributed by atoms with Gasteiger partial charge in [-0.25, -0.2) is 4.98 Å². The molecule has 1 saturated heterocycles. The van der Waals surface area contributed by atoms with Crippen molar-refractivity contribution < 1.29 is 14.8 Å². The fourth-order valence-corrected chi connectivity index (χ4v) is 4.35. The number of nitrogens with two attached hydrogens (primary N) is 2. The highest BCUT2D eigenvalue weighted by atomic mass is 16.5. The van der Waals surface area contributed by atoms with Crippen molar-refractivity contribution in [3.05, 3.63) is 90.9 Å². The average molecular weight is 445 g/mol. The van der Waals surface area contributed by atoms with Crippen LogP contribution in [0, 0.1) is 0 Å². The molecule has 2 heterocycles. The summed E-state index contributed by atoms with van der Waals surface area (Å²) in [5.74, 6) is 2.30. The first-order valence-electron chi connectivity index (χ1n) is 11.2. The Morgan fingerprint density at radius 1 is 1.24 bits per heavy atom. The van der Waals surface area contributed by atoms with Gasteiger partial charge in [0, 0.05) is 12.7 Å². The number of carbonyl (C=O) groups excluding carboxylic acids is 1. The van der Waals surface area contributed by atoms with Crippen LogP contribution in [0.2, 0.25) is 0 Å². The van der Waals surface area contributed by atoms with Gasteiger partial charge in [0.15, 0.2) is 0 Å². The largest absolute Gasteiger partial charge is 0.457 e. The number of amides is 1. The van der Waals surface area contributed by atoms with Gasteiger partial charge in [0.25, 0.3) is 0 Å². The van der Waals surface area contributed by atoms with Crippen molar-refractivity contribution >= 4 is 11.7 Å². The molecule has 4 N–H and O–H groups in total. The molecule has 0 spiro atoms. The van der Waals surface area contributed by atoms with E-state index in [1.807, 2.05) is 59.5 Å². The van der Waals surface area contributed by atoms with Crippen LogP contribution >= 0.6 is 0 Å². The van der Waals surface area contributed by atoms with Crippen molar-refractivity contribution in [2.24, 2.45) is 5.73 Å². The maximum Gasteiger partial charge on any atom is 0.246 e. The van der Waals surface area contributed by atoms with E-state index in [2.05, 4.69) is 28.8 Å². The molecule has 0 aliphatic carbocycles. The van der Waals surface area contributed by atoms with Crippen molar-refractivity contribution in [3.8, 4) is 11.5 Å². The van der Waals surface area contributed by atoms with E-state index >= 15 is 0 Å². The monoisotopic (exact) mass is 444 g/mol. The molecule has 1 aliphatic heterocycles. The summed E-state index contributed by atoms with van der Waals surface area (Å²) in [6, 6.07) is 17.0. The van der Waals surface area contributed by atoms with Crippen LogP contribution in [0.3, 0.4) is 0 Å². The molecule has 7 nitrogen and oxygen atoms in total. The summed E-state index contributed by atoms with van der Waals surface area (Å²) in [6.45, 7) is 7.20. The predicted octanol–water partition coefficient (Wildman–Crippen LogP) is 3.08. The Hall–Kier alpha value is -3.55. The molecular weight excluding hydrogens is 414 g/mol. The second-order valence-corrected chi connectivity index (χ2v) is 8.53. The van der Waals surface area contributed by atoms with Crippen molar-refractivity contribution in [3.63, 3.8) is 0 Å². The lowest BCUT2D eigenvalue weighted by Gasteiger charge is -2.33. The summed E-state index contributed by atoms with van der Waals surface area (Å²) in [5.41, 5.74) is 8.14. The Labute approximate surface area is 194 Å². The van der Waals surface area contributed by atoms with E-state index in [1.165, 1.54) is 12.4 Å². The summed E-state index contributed by atoms with van der Waals surface area (Å²) in [4.78, 5) is 22.9. The number of hydrogen-bond donors (Lipinski definition) is 2. The van der Waals surface area contributed by atoms with E-state index in [9.17, 15) is 4.79 Å². The molecule has 170 valence electrons. The molecule has 0 radical (unpaired) electrons. The Bertz CT molecular complexity index is 1100. The maximum absolute atomic E-state index is 12.3. The highest BCUT2D eigenvalue weighted by molar-refractivity contribution is 5.87. The summed E-state index contributed by atoms with van der Waals surface area (Å²) < 4.78 is 5.88. The molecular formula is C26H30N5O2+. The minimum Gasteiger partial charge on any atom is -0.457 e. The van der Waals surface area contributed by atoms with Gasteiger partial charge in [0.05, 0.1) is 17.1 Å². The molecule has 4 rings (SSSR count). The van der Waals surface area contributed by atoms with Gasteiger partial charge in [-0.15, -0.1) is 0 Å². The molecule has 33 heavy (non-hydrogen) atoms. The highest BCUT2D eigenvalue weighted by Gasteiger charge is 2.40. The third kappa shape index (κ3) is 5.10. The first kappa shape index (κ1) is 22.6. The van der Waals surface area contributed by atoms with Gasteiger partial charge in [0.2, 0.25) is 11.7 Å². The molecule has 1 amide bonds. The Kier molecular flexibility index (Phi) is 6.82. The molecule has 0 saturated carbocycles. The fraction of sp³-hybridized carbons (Fsp3) is 0.269. The first-order chi connectivity index (χ1) is 16.0. The number of hydrogen-bond acceptors (Lipinski definition) is 5. The van der Waals surface area contributed by atoms with E-state index in [0.29, 0.717) is 6.54 Å². The number of benzene rings is 2. The molecule has 1 aliphatic rings. The lowest BCUT2D eigenvalue weighted by Crippen LogP contribution is -2.84. The van der Waals surface area contributed by atoms with E-state index in [4.69, 9.17) is 10.5 Å². The van der Waals surface area contributed by atoms with Crippen LogP contribution < -0.4 is 15.8 Å². The average Bonchev–Trinajstić information content (AvgIpc) is 3.25. The number of aromatic nitrogens is 2. The van der Waals surface area contributed by atoms with Crippen LogP contribution in [0.15, 0.2) is 79.8 Å². The molecule has 2 atom stereocenters. The molecule has 1 fully saturated rings. The van der Waals surface area contributed by atoms with E-state index in [0.717, 1.165) is 47.8 Å². The molecule has 3 aromatic rings. The minimum atomic E-state index is -0.384. The van der Waals surface area contributed by atoms with E-state index in [-0.39, 0.29) is 17.5 Å². The highest BCUT2D eigenvalue weighted by Crippen LogP contribution is 2.29. The summed E-state index contributed by atoms with van der Waals surface area (Å²) in [7, 11) is 0. The Morgan fingerprint density at radius 2 is 1.97 bits per heavy atom. The van der Waals surface area contributed by atoms with Gasteiger partial charge in [0.1, 0.15) is 24.4 Å². The lowest BCUT2D eigenvalue weighted by atomic mass is 9.97. The van der Waals surface area contributed by atoms with Gasteiger partial charge in [-0.3, -0.25) is 10.1 Å². The molecule has 2 aromatic carbocycles. The number of carbonyl (C=O) groups is 1. The third-order valence-electron chi connectivity index (χ3n) is 6.25. The fourth-order valence-electron chi connectivity index (χ4n) is 4.35. The lowest BCUT2D eigenvalue weighted by molar-refractivity contribution is -0.586. The molecule has 7 heteroatoms. The first-order valence-corrected chi connectivity index (χ1v) is 11.2. The van der Waals surface area contributed by atoms with Crippen LogP contribution in [0.25, 0.3) is 0 Å². The topological polar surface area (TPSA) is 98.0 Å². The van der Waals surface area contributed by atoms with Crippen LogP contribution in [-0.2, 0) is 4.79 Å². The number of rotatable bonds is 8. The zero-order chi connectivity index (χ0) is 23.3. The number of quaternary nitrogens is 1. The van der Waals surface area contributed by atoms with E-state index < -0.39 is 0 Å². The zero-order valence-corrected chi connectivity index (χ0v) is 18.9. The maximum atomic E-state index is 12.3. The van der Waals surface area contributed by atoms with E-state index in [1.54, 1.807) is 6.20 Å². The SMILES string of the molecule is C=CC(=O)N1CCCC1(C)C[NH2+]c1ncncc1C(N)c1ccc(Oc2ccccc2)cc1. The third-order valence-corrected chi connectivity index (χ3v) is 6.25. The van der Waals surface area contributed by atoms with Crippen molar-refractivity contribution in [2.75, 3.05) is 13.1 Å². The Balaban J connectivity index is 1.47. The second-order valence-electron chi connectivity index (χ2n) is 8.53. The minimum absolute atomic E-state index is 0.0270. The van der Waals surface area contributed by atoms with Crippen molar-refractivity contribution in [2.45, 2.75) is 31.3 Å².